The van der Waals surface area contributed by atoms with Gasteiger partial charge in [-0.15, -0.1) is 0 Å². The van der Waals surface area contributed by atoms with E-state index in [0.29, 0.717) is 16.8 Å². The van der Waals surface area contributed by atoms with Crippen molar-refractivity contribution < 1.29 is 9.18 Å². The number of piperidine rings is 1. The molecule has 0 unspecified atom stereocenters. The summed E-state index contributed by atoms with van der Waals surface area (Å²) in [7, 11) is 0. The molecule has 3 rings (SSSR count). The zero-order valence-corrected chi connectivity index (χ0v) is 11.9. The third-order valence-corrected chi connectivity index (χ3v) is 3.85. The molecule has 1 aromatic heterocycles. The van der Waals surface area contributed by atoms with Crippen LogP contribution in [-0.2, 0) is 0 Å². The molecular weight excluding hydrogens is 269 g/mol. The predicted octanol–water partition coefficient (Wildman–Crippen LogP) is 2.16. The van der Waals surface area contributed by atoms with Gasteiger partial charge in [0.15, 0.2) is 0 Å². The van der Waals surface area contributed by atoms with E-state index in [1.807, 2.05) is 0 Å². The van der Waals surface area contributed by atoms with Gasteiger partial charge in [0.2, 0.25) is 0 Å². The summed E-state index contributed by atoms with van der Waals surface area (Å²) >= 11 is 0. The molecule has 2 aromatic rings. The highest BCUT2D eigenvalue weighted by Crippen LogP contribution is 2.18. The van der Waals surface area contributed by atoms with Crippen LogP contribution in [0.1, 0.15) is 28.9 Å². The predicted molar refractivity (Wildman–Crippen MR) is 79.8 cm³/mol. The Morgan fingerprint density at radius 3 is 3.05 bits per heavy atom. The van der Waals surface area contributed by atoms with Gasteiger partial charge in [0.25, 0.3) is 5.91 Å². The summed E-state index contributed by atoms with van der Waals surface area (Å²) in [5.41, 5.74) is 1.75. The molecule has 1 aromatic carbocycles. The normalized spacial score (nSPS) is 18.7. The standard InChI is InChI=1S/C16H18FN3O/c1-10-14(16(21)20-13-3-2-6-18-9-13)7-11-4-5-12(17)8-15(11)19-10/h4-5,7-8,13,18H,2-3,6,9H2,1H3,(H,20,21)/t13-/m0/s1. The van der Waals surface area contributed by atoms with Gasteiger partial charge in [0, 0.05) is 24.0 Å². The molecule has 4 nitrogen and oxygen atoms in total. The number of benzene rings is 1. The van der Waals surface area contributed by atoms with Crippen molar-refractivity contribution in [3.63, 3.8) is 0 Å². The molecule has 110 valence electrons. The van der Waals surface area contributed by atoms with Crippen LogP contribution in [0.25, 0.3) is 10.9 Å². The van der Waals surface area contributed by atoms with Gasteiger partial charge in [0.1, 0.15) is 5.82 Å². The lowest BCUT2D eigenvalue weighted by Gasteiger charge is -2.24. The number of rotatable bonds is 2. The first-order valence-corrected chi connectivity index (χ1v) is 7.22. The van der Waals surface area contributed by atoms with Crippen LogP contribution in [-0.4, -0.2) is 30.0 Å². The molecule has 21 heavy (non-hydrogen) atoms. The average Bonchev–Trinajstić information content (AvgIpc) is 2.47. The van der Waals surface area contributed by atoms with E-state index in [-0.39, 0.29) is 17.8 Å². The molecule has 0 bridgehead atoms. The summed E-state index contributed by atoms with van der Waals surface area (Å²) in [5, 5.41) is 7.08. The summed E-state index contributed by atoms with van der Waals surface area (Å²) in [5.74, 6) is -0.431. The number of carbonyl (C=O) groups is 1. The molecule has 0 saturated carbocycles. The van der Waals surface area contributed by atoms with E-state index in [9.17, 15) is 9.18 Å². The van der Waals surface area contributed by atoms with E-state index in [4.69, 9.17) is 0 Å². The maximum atomic E-state index is 13.2. The topological polar surface area (TPSA) is 54.0 Å². The van der Waals surface area contributed by atoms with Crippen molar-refractivity contribution in [3.05, 3.63) is 41.3 Å². The fourth-order valence-corrected chi connectivity index (χ4v) is 2.70. The quantitative estimate of drug-likeness (QED) is 0.890. The minimum Gasteiger partial charge on any atom is -0.348 e. The van der Waals surface area contributed by atoms with Crippen LogP contribution < -0.4 is 10.6 Å². The monoisotopic (exact) mass is 287 g/mol. The number of amides is 1. The molecule has 2 N–H and O–H groups in total. The number of carbonyl (C=O) groups excluding carboxylic acids is 1. The molecule has 1 fully saturated rings. The highest BCUT2D eigenvalue weighted by atomic mass is 19.1. The van der Waals surface area contributed by atoms with Crippen LogP contribution in [0.15, 0.2) is 24.3 Å². The van der Waals surface area contributed by atoms with E-state index in [1.165, 1.54) is 12.1 Å². The van der Waals surface area contributed by atoms with Crippen LogP contribution in [0, 0.1) is 12.7 Å². The first kappa shape index (κ1) is 13.9. The number of pyridine rings is 1. The molecule has 0 radical (unpaired) electrons. The van der Waals surface area contributed by atoms with Gasteiger partial charge in [-0.1, -0.05) is 0 Å². The highest BCUT2D eigenvalue weighted by Gasteiger charge is 2.18. The van der Waals surface area contributed by atoms with Gasteiger partial charge in [-0.2, -0.15) is 0 Å². The van der Waals surface area contributed by atoms with Gasteiger partial charge < -0.3 is 10.6 Å². The lowest BCUT2D eigenvalue weighted by molar-refractivity contribution is 0.0930. The Bertz CT molecular complexity index is 681. The number of nitrogens with zero attached hydrogens (tertiary/aromatic N) is 1. The molecular formula is C16H18FN3O. The Labute approximate surface area is 122 Å². The number of aromatic nitrogens is 1. The van der Waals surface area contributed by atoms with Gasteiger partial charge >= 0.3 is 0 Å². The van der Waals surface area contributed by atoms with E-state index < -0.39 is 0 Å². The molecule has 0 aliphatic carbocycles. The number of aryl methyl sites for hydroxylation is 1. The average molecular weight is 287 g/mol. The Kier molecular flexibility index (Phi) is 3.84. The number of fused-ring (bicyclic) bond motifs is 1. The van der Waals surface area contributed by atoms with Crippen molar-refractivity contribution in [2.24, 2.45) is 0 Å². The second kappa shape index (κ2) is 5.77. The Balaban J connectivity index is 1.86. The van der Waals surface area contributed by atoms with Crippen LogP contribution in [0.2, 0.25) is 0 Å². The Morgan fingerprint density at radius 1 is 1.43 bits per heavy atom. The largest absolute Gasteiger partial charge is 0.348 e. The molecule has 5 heteroatoms. The van der Waals surface area contributed by atoms with Crippen LogP contribution in [0.4, 0.5) is 4.39 Å². The smallest absolute Gasteiger partial charge is 0.253 e. The number of hydrogen-bond donors (Lipinski definition) is 2. The van der Waals surface area contributed by atoms with Crippen LogP contribution in [0.5, 0.6) is 0 Å². The summed E-state index contributed by atoms with van der Waals surface area (Å²) in [4.78, 5) is 16.7. The lowest BCUT2D eigenvalue weighted by atomic mass is 10.1. The zero-order chi connectivity index (χ0) is 14.8. The van der Waals surface area contributed by atoms with Gasteiger partial charge in [-0.05, 0) is 44.5 Å². The van der Waals surface area contributed by atoms with Crippen LogP contribution in [0.3, 0.4) is 0 Å². The number of halogens is 1. The molecule has 1 saturated heterocycles. The van der Waals surface area contributed by atoms with E-state index in [2.05, 4.69) is 15.6 Å². The SMILES string of the molecule is Cc1nc2cc(F)ccc2cc1C(=O)N[C@H]1CCCNC1. The van der Waals surface area contributed by atoms with Gasteiger partial charge in [-0.3, -0.25) is 9.78 Å². The van der Waals surface area contributed by atoms with E-state index in [0.717, 1.165) is 31.3 Å². The lowest BCUT2D eigenvalue weighted by Crippen LogP contribution is -2.45. The molecule has 1 aliphatic heterocycles. The van der Waals surface area contributed by atoms with E-state index in [1.54, 1.807) is 19.1 Å². The summed E-state index contributed by atoms with van der Waals surface area (Å²) in [6.07, 6.45) is 2.06. The van der Waals surface area contributed by atoms with Crippen molar-refractivity contribution >= 4 is 16.8 Å². The van der Waals surface area contributed by atoms with E-state index >= 15 is 0 Å². The first-order valence-electron chi connectivity index (χ1n) is 7.22. The zero-order valence-electron chi connectivity index (χ0n) is 11.9. The summed E-state index contributed by atoms with van der Waals surface area (Å²) < 4.78 is 13.2. The number of hydrogen-bond acceptors (Lipinski definition) is 3. The first-order chi connectivity index (χ1) is 10.1. The van der Waals surface area contributed by atoms with Crippen molar-refractivity contribution in [1.82, 2.24) is 15.6 Å². The van der Waals surface area contributed by atoms with Crippen molar-refractivity contribution in [1.29, 1.82) is 0 Å². The number of nitrogens with one attached hydrogen (secondary N) is 2. The Morgan fingerprint density at radius 2 is 2.29 bits per heavy atom. The van der Waals surface area contributed by atoms with Gasteiger partial charge in [0.05, 0.1) is 16.8 Å². The van der Waals surface area contributed by atoms with Crippen LogP contribution >= 0.6 is 0 Å². The maximum Gasteiger partial charge on any atom is 0.253 e. The molecule has 1 amide bonds. The molecule has 2 heterocycles. The second-order valence-electron chi connectivity index (χ2n) is 5.48. The van der Waals surface area contributed by atoms with Crippen molar-refractivity contribution in [2.75, 3.05) is 13.1 Å². The third-order valence-electron chi connectivity index (χ3n) is 3.85. The molecule has 1 atom stereocenters. The van der Waals surface area contributed by atoms with Crippen molar-refractivity contribution in [3.8, 4) is 0 Å². The summed E-state index contributed by atoms with van der Waals surface area (Å²) in [6.45, 7) is 3.59. The minimum absolute atomic E-state index is 0.111. The Hall–Kier alpha value is -2.01. The minimum atomic E-state index is -0.320. The second-order valence-corrected chi connectivity index (χ2v) is 5.48. The van der Waals surface area contributed by atoms with Crippen molar-refractivity contribution in [2.45, 2.75) is 25.8 Å². The fourth-order valence-electron chi connectivity index (χ4n) is 2.70. The molecule has 1 aliphatic rings. The molecule has 0 spiro atoms. The summed E-state index contributed by atoms with van der Waals surface area (Å²) in [6, 6.07) is 6.36. The highest BCUT2D eigenvalue weighted by molar-refractivity contribution is 5.98. The fraction of sp³-hybridized carbons (Fsp3) is 0.375. The van der Waals surface area contributed by atoms with Gasteiger partial charge in [-0.25, -0.2) is 4.39 Å². The third kappa shape index (κ3) is 3.03. The maximum absolute atomic E-state index is 13.2.